The topological polar surface area (TPSA) is 126 Å². The summed E-state index contributed by atoms with van der Waals surface area (Å²) < 4.78 is 24.5. The average molecular weight is 210 g/mol. The molecule has 3 N–H and O–H groups in total. The van der Waals surface area contributed by atoms with Crippen LogP contribution < -0.4 is 10.5 Å². The van der Waals surface area contributed by atoms with Crippen LogP contribution in [-0.2, 0) is 15.1 Å². The molecule has 1 atom stereocenters. The summed E-state index contributed by atoms with van der Waals surface area (Å²) in [6.07, 6.45) is 1.78. The standard InChI is InChI=1S/C5H9NO2.HNO3S/c7-5(8)4-2-1-3-6-4;1-5(2,3)4/h4,6H,1-3H2,(H,7,8);(H,2,3,4)/t4-;/m0./s1. The van der Waals surface area contributed by atoms with E-state index in [2.05, 4.69) is 5.32 Å². The highest BCUT2D eigenvalue weighted by molar-refractivity contribution is 7.83. The number of carbonyl (C=O) groups is 1. The summed E-state index contributed by atoms with van der Waals surface area (Å²) in [7, 11) is -4.67. The summed E-state index contributed by atoms with van der Waals surface area (Å²) in [5.41, 5.74) is 0. The molecule has 0 amide bonds. The van der Waals surface area contributed by atoms with E-state index in [0.29, 0.717) is 0 Å². The van der Waals surface area contributed by atoms with Crippen molar-refractivity contribution in [2.24, 2.45) is 0 Å². The van der Waals surface area contributed by atoms with Crippen LogP contribution in [0.3, 0.4) is 0 Å². The van der Waals surface area contributed by atoms with Gasteiger partial charge in [0.25, 0.3) is 0 Å². The first-order valence-corrected chi connectivity index (χ1v) is 4.86. The largest absolute Gasteiger partial charge is 0.480 e. The monoisotopic (exact) mass is 210 g/mol. The van der Waals surface area contributed by atoms with Crippen molar-refractivity contribution >= 4 is 16.3 Å². The molecule has 7 nitrogen and oxygen atoms in total. The van der Waals surface area contributed by atoms with Gasteiger partial charge < -0.3 is 10.4 Å². The fourth-order valence-electron chi connectivity index (χ4n) is 0.895. The molecule has 0 aliphatic carbocycles. The second-order valence-electron chi connectivity index (χ2n) is 2.44. The Morgan fingerprint density at radius 1 is 1.54 bits per heavy atom. The fourth-order valence-corrected chi connectivity index (χ4v) is 0.895. The lowest BCUT2D eigenvalue weighted by atomic mass is 10.2. The Hall–Kier alpha value is -0.700. The molecule has 76 valence electrons. The molecule has 0 aromatic rings. The summed E-state index contributed by atoms with van der Waals surface area (Å²) in [6.45, 7) is 0.858. The van der Waals surface area contributed by atoms with Gasteiger partial charge in [-0.3, -0.25) is 9.35 Å². The van der Waals surface area contributed by atoms with Gasteiger partial charge in [-0.25, -0.2) is 0 Å². The number of aliphatic carboxylic acids is 1. The second kappa shape index (κ2) is 5.12. The van der Waals surface area contributed by atoms with E-state index >= 15 is 0 Å². The van der Waals surface area contributed by atoms with Gasteiger partial charge in [0, 0.05) is 5.14 Å². The van der Waals surface area contributed by atoms with Crippen molar-refractivity contribution < 1.29 is 22.9 Å². The molecule has 0 aromatic heterocycles. The number of hydrogen-bond acceptors (Lipinski definition) is 4. The molecular weight excluding hydrogens is 200 g/mol. The summed E-state index contributed by atoms with van der Waals surface area (Å²) >= 11 is 0. The molecule has 1 rings (SSSR count). The Morgan fingerprint density at radius 2 is 2.00 bits per heavy atom. The van der Waals surface area contributed by atoms with Crippen LogP contribution in [0.15, 0.2) is 0 Å². The third kappa shape index (κ3) is 9.21. The Morgan fingerprint density at radius 3 is 2.15 bits per heavy atom. The number of nitrogens with zero attached hydrogens (tertiary/aromatic N) is 1. The van der Waals surface area contributed by atoms with Crippen molar-refractivity contribution in [1.82, 2.24) is 10.5 Å². The molecule has 13 heavy (non-hydrogen) atoms. The van der Waals surface area contributed by atoms with Crippen molar-refractivity contribution in [2.75, 3.05) is 6.54 Å². The van der Waals surface area contributed by atoms with Gasteiger partial charge in [0.05, 0.1) is 0 Å². The van der Waals surface area contributed by atoms with E-state index < -0.39 is 16.3 Å². The third-order valence-electron chi connectivity index (χ3n) is 1.36. The van der Waals surface area contributed by atoms with Crippen LogP contribution in [0.2, 0.25) is 0 Å². The van der Waals surface area contributed by atoms with Gasteiger partial charge in [0.1, 0.15) is 6.04 Å². The van der Waals surface area contributed by atoms with E-state index in [0.717, 1.165) is 19.4 Å². The van der Waals surface area contributed by atoms with E-state index in [4.69, 9.17) is 23.2 Å². The highest BCUT2D eigenvalue weighted by atomic mass is 32.2. The summed E-state index contributed by atoms with van der Waals surface area (Å²) in [5.74, 6) is -0.720. The van der Waals surface area contributed by atoms with Crippen molar-refractivity contribution in [1.29, 1.82) is 0 Å². The minimum atomic E-state index is -4.67. The van der Waals surface area contributed by atoms with Crippen LogP contribution in [-0.4, -0.2) is 36.6 Å². The Balaban J connectivity index is 0.000000252. The van der Waals surface area contributed by atoms with Gasteiger partial charge in [0.15, 0.2) is 0 Å². The number of carboxylic acid groups (broad SMARTS) is 1. The lowest BCUT2D eigenvalue weighted by Gasteiger charge is -1.99. The van der Waals surface area contributed by atoms with Crippen LogP contribution in [0.5, 0.6) is 0 Å². The van der Waals surface area contributed by atoms with Crippen LogP contribution in [0.1, 0.15) is 12.8 Å². The molecule has 1 heterocycles. The Bertz CT molecular complexity index is 248. The Labute approximate surface area is 75.8 Å². The molecule has 0 saturated carbocycles. The van der Waals surface area contributed by atoms with Gasteiger partial charge in [-0.15, -0.1) is 0 Å². The predicted octanol–water partition coefficient (Wildman–Crippen LogP) is -1.32. The highest BCUT2D eigenvalue weighted by Gasteiger charge is 2.20. The Kier molecular flexibility index (Phi) is 4.85. The lowest BCUT2D eigenvalue weighted by Crippen LogP contribution is -2.29. The van der Waals surface area contributed by atoms with E-state index in [9.17, 15) is 4.79 Å². The molecule has 1 saturated heterocycles. The molecule has 1 aliphatic rings. The molecule has 1 fully saturated rings. The summed E-state index contributed by atoms with van der Waals surface area (Å²) in [6, 6.07) is -0.269. The third-order valence-corrected chi connectivity index (χ3v) is 1.36. The van der Waals surface area contributed by atoms with Gasteiger partial charge in [-0.05, 0) is 19.4 Å². The van der Waals surface area contributed by atoms with Crippen LogP contribution in [0, 0.1) is 0 Å². The molecule has 1 aliphatic heterocycles. The van der Waals surface area contributed by atoms with Crippen molar-refractivity contribution in [3.05, 3.63) is 0 Å². The second-order valence-corrected chi connectivity index (χ2v) is 3.33. The van der Waals surface area contributed by atoms with Gasteiger partial charge in [-0.1, -0.05) is 0 Å². The van der Waals surface area contributed by atoms with Gasteiger partial charge in [0.2, 0.25) is 0 Å². The predicted molar refractivity (Wildman–Crippen MR) is 42.3 cm³/mol. The van der Waals surface area contributed by atoms with E-state index in [-0.39, 0.29) is 6.04 Å². The molecular formula is C5H10N2O5S. The zero-order valence-corrected chi connectivity index (χ0v) is 7.49. The highest BCUT2D eigenvalue weighted by Crippen LogP contribution is 2.03. The fraction of sp³-hybridized carbons (Fsp3) is 0.800. The lowest BCUT2D eigenvalue weighted by molar-refractivity contribution is -0.139. The SMILES string of the molecule is O=C(O)[C@@H]1CCCN1.[N]S(=O)(=O)O. The minimum Gasteiger partial charge on any atom is -0.480 e. The number of nitrogens with one attached hydrogen (secondary N) is 1. The molecule has 0 bridgehead atoms. The first-order chi connectivity index (χ1) is 5.80. The maximum absolute atomic E-state index is 10.1. The molecule has 2 radical (unpaired) electrons. The smallest absolute Gasteiger partial charge is 0.367 e. The normalized spacial score (nSPS) is 21.8. The minimum absolute atomic E-state index is 0.269. The van der Waals surface area contributed by atoms with Crippen molar-refractivity contribution in [3.63, 3.8) is 0 Å². The van der Waals surface area contributed by atoms with Gasteiger partial charge in [-0.2, -0.15) is 8.42 Å². The number of rotatable bonds is 1. The number of carboxylic acids is 1. The maximum atomic E-state index is 10.1. The van der Waals surface area contributed by atoms with E-state index in [1.165, 1.54) is 0 Å². The molecule has 0 unspecified atom stereocenters. The van der Waals surface area contributed by atoms with Crippen LogP contribution >= 0.6 is 0 Å². The van der Waals surface area contributed by atoms with Crippen molar-refractivity contribution in [3.8, 4) is 0 Å². The van der Waals surface area contributed by atoms with Gasteiger partial charge >= 0.3 is 16.3 Å². The molecule has 0 aromatic carbocycles. The first-order valence-electron chi connectivity index (χ1n) is 3.47. The maximum Gasteiger partial charge on any atom is 0.367 e. The molecule has 8 heteroatoms. The zero-order chi connectivity index (χ0) is 10.5. The first kappa shape index (κ1) is 12.3. The van der Waals surface area contributed by atoms with Crippen molar-refractivity contribution in [2.45, 2.75) is 18.9 Å². The quantitative estimate of drug-likeness (QED) is 0.461. The summed E-state index contributed by atoms with van der Waals surface area (Å²) in [5, 5.41) is 18.3. The van der Waals surface area contributed by atoms with Crippen LogP contribution in [0.25, 0.3) is 0 Å². The molecule has 0 spiro atoms. The zero-order valence-electron chi connectivity index (χ0n) is 6.67. The average Bonchev–Trinajstić information content (AvgIpc) is 2.31. The summed E-state index contributed by atoms with van der Waals surface area (Å²) in [4.78, 5) is 10.1. The van der Waals surface area contributed by atoms with E-state index in [1.54, 1.807) is 0 Å². The number of hydrogen-bond donors (Lipinski definition) is 3. The van der Waals surface area contributed by atoms with E-state index in [1.807, 2.05) is 0 Å². The van der Waals surface area contributed by atoms with Crippen LogP contribution in [0.4, 0.5) is 0 Å².